The monoisotopic (exact) mass is 374 g/mol. The summed E-state index contributed by atoms with van der Waals surface area (Å²) in [4.78, 5) is 14.4. The minimum atomic E-state index is -0.541. The maximum Gasteiger partial charge on any atom is 0.417 e. The van der Waals surface area contributed by atoms with Gasteiger partial charge >= 0.3 is 6.09 Å². The number of carbonyl (C=O) groups is 1. The minimum absolute atomic E-state index is 0.296. The van der Waals surface area contributed by atoms with E-state index in [0.717, 1.165) is 30.7 Å². The molecule has 1 N–H and O–H groups in total. The molecule has 2 aromatic rings. The van der Waals surface area contributed by atoms with Crippen molar-refractivity contribution in [2.24, 2.45) is 0 Å². The largest absolute Gasteiger partial charge is 0.417 e. The summed E-state index contributed by atoms with van der Waals surface area (Å²) < 4.78 is 10.9. The first-order valence-electron chi connectivity index (χ1n) is 8.64. The number of hydrogen-bond donors (Lipinski definition) is 1. The van der Waals surface area contributed by atoms with Crippen LogP contribution in [0, 0.1) is 6.92 Å². The van der Waals surface area contributed by atoms with Gasteiger partial charge in [0.2, 0.25) is 0 Å². The van der Waals surface area contributed by atoms with E-state index in [-0.39, 0.29) is 0 Å². The number of hydrogen-bond acceptors (Lipinski definition) is 4. The number of benzene rings is 2. The first-order chi connectivity index (χ1) is 12.5. The van der Waals surface area contributed by atoms with Crippen molar-refractivity contribution in [3.05, 3.63) is 58.6 Å². The van der Waals surface area contributed by atoms with Gasteiger partial charge in [-0.25, -0.2) is 4.79 Å². The van der Waals surface area contributed by atoms with Gasteiger partial charge in [-0.05, 0) is 55.8 Å². The van der Waals surface area contributed by atoms with E-state index in [4.69, 9.17) is 21.1 Å². The van der Waals surface area contributed by atoms with Crippen LogP contribution >= 0.6 is 11.6 Å². The molecule has 1 aliphatic heterocycles. The smallest absolute Gasteiger partial charge is 0.410 e. The topological polar surface area (TPSA) is 50.8 Å². The predicted molar refractivity (Wildman–Crippen MR) is 103 cm³/mol. The Bertz CT molecular complexity index is 767. The van der Waals surface area contributed by atoms with E-state index in [0.29, 0.717) is 29.1 Å². The number of nitrogens with zero attached hydrogens (tertiary/aromatic N) is 1. The lowest BCUT2D eigenvalue weighted by molar-refractivity contribution is 0.00620. The predicted octanol–water partition coefficient (Wildman–Crippen LogP) is 4.13. The van der Waals surface area contributed by atoms with Crippen LogP contribution in [0.5, 0.6) is 5.75 Å². The highest BCUT2D eigenvalue weighted by Gasteiger charge is 2.21. The van der Waals surface area contributed by atoms with E-state index >= 15 is 0 Å². The zero-order valence-corrected chi connectivity index (χ0v) is 15.8. The summed E-state index contributed by atoms with van der Waals surface area (Å²) in [7, 11) is 2.10. The highest BCUT2D eigenvalue weighted by Crippen LogP contribution is 2.27. The lowest BCUT2D eigenvalue weighted by atomic mass is 9.99. The molecule has 0 aromatic heterocycles. The Hall–Kier alpha value is -2.08. The van der Waals surface area contributed by atoms with Crippen molar-refractivity contribution in [1.82, 2.24) is 4.90 Å². The molecule has 1 saturated heterocycles. The third kappa shape index (κ3) is 4.75. The zero-order chi connectivity index (χ0) is 18.5. The molecule has 0 aliphatic carbocycles. The summed E-state index contributed by atoms with van der Waals surface area (Å²) in [5.74, 6) is 0.490. The number of morpholine rings is 1. The third-order valence-corrected chi connectivity index (χ3v) is 5.02. The van der Waals surface area contributed by atoms with E-state index in [1.54, 1.807) is 18.2 Å². The fourth-order valence-corrected chi connectivity index (χ4v) is 3.20. The van der Waals surface area contributed by atoms with Gasteiger partial charge in [-0.3, -0.25) is 10.2 Å². The van der Waals surface area contributed by atoms with Gasteiger partial charge in [0, 0.05) is 23.3 Å². The second-order valence-electron chi connectivity index (χ2n) is 6.48. The zero-order valence-electron chi connectivity index (χ0n) is 15.0. The maximum absolute atomic E-state index is 12.1. The van der Waals surface area contributed by atoms with Crippen LogP contribution in [0.4, 0.5) is 10.5 Å². The molecular weight excluding hydrogens is 352 g/mol. The summed E-state index contributed by atoms with van der Waals surface area (Å²) in [6, 6.07) is 12.9. The Morgan fingerprint density at radius 1 is 1.35 bits per heavy atom. The highest BCUT2D eigenvalue weighted by molar-refractivity contribution is 6.31. The summed E-state index contributed by atoms with van der Waals surface area (Å²) >= 11 is 6.38. The van der Waals surface area contributed by atoms with Gasteiger partial charge in [0.25, 0.3) is 0 Å². The minimum Gasteiger partial charge on any atom is -0.410 e. The van der Waals surface area contributed by atoms with Crippen LogP contribution in [0.25, 0.3) is 0 Å². The van der Waals surface area contributed by atoms with Crippen LogP contribution < -0.4 is 10.1 Å². The van der Waals surface area contributed by atoms with Gasteiger partial charge in [-0.2, -0.15) is 0 Å². The van der Waals surface area contributed by atoms with E-state index in [2.05, 4.69) is 17.3 Å². The molecule has 0 bridgehead atoms. The molecule has 1 fully saturated rings. The number of anilines is 1. The highest BCUT2D eigenvalue weighted by atomic mass is 35.5. The van der Waals surface area contributed by atoms with Gasteiger partial charge in [0.1, 0.15) is 5.75 Å². The molecule has 1 heterocycles. The number of halogens is 1. The van der Waals surface area contributed by atoms with E-state index < -0.39 is 6.09 Å². The molecule has 3 rings (SSSR count). The molecule has 5 nitrogen and oxygen atoms in total. The van der Waals surface area contributed by atoms with Crippen LogP contribution in [0.3, 0.4) is 0 Å². The number of ether oxygens (including phenoxy) is 2. The normalized spacial score (nSPS) is 17.7. The molecule has 0 spiro atoms. The molecule has 2 aromatic carbocycles. The van der Waals surface area contributed by atoms with Crippen molar-refractivity contribution in [1.29, 1.82) is 0 Å². The molecule has 1 amide bonds. The van der Waals surface area contributed by atoms with Gasteiger partial charge in [0.15, 0.2) is 0 Å². The Balaban J connectivity index is 1.71. The van der Waals surface area contributed by atoms with E-state index in [9.17, 15) is 4.79 Å². The summed E-state index contributed by atoms with van der Waals surface area (Å²) in [6.45, 7) is 4.37. The second-order valence-corrected chi connectivity index (χ2v) is 6.89. The molecule has 1 unspecified atom stereocenters. The van der Waals surface area contributed by atoms with Gasteiger partial charge < -0.3 is 9.47 Å². The average Bonchev–Trinajstić information content (AvgIpc) is 2.62. The standard InChI is InChI=1S/C20H23ClN2O3/c1-14-15(11-17-13-25-9-8-23(17)2)10-16(12-19(14)21)22-20(24)26-18-6-4-3-5-7-18/h3-7,10,12,17H,8-9,11,13H2,1-2H3,(H,22,24). The fourth-order valence-electron chi connectivity index (χ4n) is 2.97. The lowest BCUT2D eigenvalue weighted by Crippen LogP contribution is -2.44. The van der Waals surface area contributed by atoms with Crippen LogP contribution in [0.15, 0.2) is 42.5 Å². The number of carbonyl (C=O) groups excluding carboxylic acids is 1. The van der Waals surface area contributed by atoms with Crippen molar-refractivity contribution < 1.29 is 14.3 Å². The Morgan fingerprint density at radius 2 is 2.12 bits per heavy atom. The summed E-state index contributed by atoms with van der Waals surface area (Å²) in [6.07, 6.45) is 0.269. The lowest BCUT2D eigenvalue weighted by Gasteiger charge is -2.33. The SMILES string of the molecule is Cc1c(Cl)cc(NC(=O)Oc2ccccc2)cc1CC1COCCN1C. The molecule has 0 saturated carbocycles. The first kappa shape index (κ1) is 18.7. The molecule has 138 valence electrons. The first-order valence-corrected chi connectivity index (χ1v) is 9.01. The van der Waals surface area contributed by atoms with Crippen molar-refractivity contribution in [2.45, 2.75) is 19.4 Å². The van der Waals surface area contributed by atoms with Crippen molar-refractivity contribution in [3.8, 4) is 5.75 Å². The molecule has 1 aliphatic rings. The van der Waals surface area contributed by atoms with Crippen molar-refractivity contribution in [3.63, 3.8) is 0 Å². The van der Waals surface area contributed by atoms with E-state index in [1.165, 1.54) is 0 Å². The number of para-hydroxylation sites is 1. The van der Waals surface area contributed by atoms with Crippen molar-refractivity contribution in [2.75, 3.05) is 32.1 Å². The molecule has 1 atom stereocenters. The van der Waals surface area contributed by atoms with Crippen molar-refractivity contribution >= 4 is 23.4 Å². The number of amides is 1. The third-order valence-electron chi connectivity index (χ3n) is 4.63. The van der Waals surface area contributed by atoms with Gasteiger partial charge in [-0.15, -0.1) is 0 Å². The molecule has 6 heteroatoms. The molecular formula is C20H23ClN2O3. The molecule has 26 heavy (non-hydrogen) atoms. The Kier molecular flexibility index (Phi) is 6.14. The summed E-state index contributed by atoms with van der Waals surface area (Å²) in [5, 5.41) is 3.38. The number of likely N-dealkylation sites (N-methyl/N-ethyl adjacent to an activating group) is 1. The van der Waals surface area contributed by atoms with Gasteiger partial charge in [-0.1, -0.05) is 29.8 Å². The Morgan fingerprint density at radius 3 is 2.85 bits per heavy atom. The second kappa shape index (κ2) is 8.54. The van der Waals surface area contributed by atoms with Crippen LogP contribution in [-0.4, -0.2) is 43.8 Å². The Labute approximate surface area is 158 Å². The maximum atomic E-state index is 12.1. The summed E-state index contributed by atoms with van der Waals surface area (Å²) in [5.41, 5.74) is 2.73. The fraction of sp³-hybridized carbons (Fsp3) is 0.350. The quantitative estimate of drug-likeness (QED) is 0.874. The van der Waals surface area contributed by atoms with Crippen LogP contribution in [0.2, 0.25) is 5.02 Å². The number of nitrogens with one attached hydrogen (secondary N) is 1. The van der Waals surface area contributed by atoms with E-state index in [1.807, 2.05) is 31.2 Å². The van der Waals surface area contributed by atoms with Crippen LogP contribution in [0.1, 0.15) is 11.1 Å². The number of rotatable bonds is 4. The van der Waals surface area contributed by atoms with Crippen LogP contribution in [-0.2, 0) is 11.2 Å². The average molecular weight is 375 g/mol. The van der Waals surface area contributed by atoms with Gasteiger partial charge in [0.05, 0.1) is 13.2 Å². The molecule has 0 radical (unpaired) electrons.